The maximum absolute atomic E-state index is 11.2. The third-order valence-corrected chi connectivity index (χ3v) is 10.4. The summed E-state index contributed by atoms with van der Waals surface area (Å²) >= 11 is 1.91. The first kappa shape index (κ1) is 27.0. The molecule has 0 aliphatic heterocycles. The Hall–Kier alpha value is -0.590. The van der Waals surface area contributed by atoms with Gasteiger partial charge in [0.15, 0.2) is 0 Å². The molecule has 3 aliphatic rings. The van der Waals surface area contributed by atoms with Crippen LogP contribution in [-0.4, -0.2) is 55.3 Å². The van der Waals surface area contributed by atoms with Crippen molar-refractivity contribution in [2.75, 3.05) is 5.75 Å². The second-order valence-electron chi connectivity index (χ2n) is 11.1. The zero-order valence-corrected chi connectivity index (χ0v) is 21.9. The van der Waals surface area contributed by atoms with E-state index in [4.69, 9.17) is 0 Å². The Bertz CT molecular complexity index is 755. The molecule has 0 saturated heterocycles. The van der Waals surface area contributed by atoms with Crippen molar-refractivity contribution in [3.63, 3.8) is 0 Å². The second-order valence-corrected chi connectivity index (χ2v) is 12.6. The van der Waals surface area contributed by atoms with E-state index in [9.17, 15) is 20.4 Å². The Labute approximate surface area is 205 Å². The van der Waals surface area contributed by atoms with Gasteiger partial charge in [-0.05, 0) is 79.6 Å². The molecule has 33 heavy (non-hydrogen) atoms. The van der Waals surface area contributed by atoms with E-state index in [1.54, 1.807) is 0 Å². The molecule has 0 radical (unpaired) electrons. The van der Waals surface area contributed by atoms with E-state index in [2.05, 4.69) is 46.4 Å². The summed E-state index contributed by atoms with van der Waals surface area (Å²) in [6, 6.07) is 0. The zero-order chi connectivity index (χ0) is 24.4. The number of hydrogen-bond donors (Lipinski definition) is 4. The summed E-state index contributed by atoms with van der Waals surface area (Å²) in [7, 11) is 0. The molecule has 7 atom stereocenters. The fourth-order valence-corrected chi connectivity index (χ4v) is 8.32. The number of fused-ring (bicyclic) bond motifs is 1. The van der Waals surface area contributed by atoms with Crippen molar-refractivity contribution < 1.29 is 20.4 Å². The molecule has 3 fully saturated rings. The monoisotopic (exact) mass is 478 g/mol. The number of aliphatic hydroxyl groups is 4. The van der Waals surface area contributed by atoms with Gasteiger partial charge in [0.25, 0.3) is 0 Å². The van der Waals surface area contributed by atoms with E-state index < -0.39 is 17.8 Å². The van der Waals surface area contributed by atoms with E-state index in [-0.39, 0.29) is 17.4 Å². The standard InChI is InChI=1S/C28H46O4S/c1-6-28(32,7-2)13-14-33-19(4)26-25(31)17-23-20(9-8-12-27(23,26)5)10-11-21-15-22(29)16-24(30)18(21)3/h10-11,19,22-26,29-32H,3,6-9,12-17H2,1-2,4-5H3/t19-,22+,23-,24-,25+,26-,27-/m0/s1. The highest BCUT2D eigenvalue weighted by Crippen LogP contribution is 2.59. The molecule has 5 heteroatoms. The average molecular weight is 479 g/mol. The van der Waals surface area contributed by atoms with Crippen LogP contribution in [0.3, 0.4) is 0 Å². The lowest BCUT2D eigenvalue weighted by molar-refractivity contribution is 0.0295. The minimum absolute atomic E-state index is 0.0723. The second kappa shape index (κ2) is 11.0. The first-order chi connectivity index (χ1) is 15.5. The fourth-order valence-electron chi connectivity index (χ4n) is 6.75. The van der Waals surface area contributed by atoms with Crippen molar-refractivity contribution in [3.8, 4) is 0 Å². The summed E-state index contributed by atoms with van der Waals surface area (Å²) in [5.74, 6) is 1.53. The molecule has 0 amide bonds. The largest absolute Gasteiger partial charge is 0.393 e. The van der Waals surface area contributed by atoms with Gasteiger partial charge in [-0.3, -0.25) is 0 Å². The minimum Gasteiger partial charge on any atom is -0.393 e. The molecule has 0 unspecified atom stereocenters. The van der Waals surface area contributed by atoms with Crippen molar-refractivity contribution in [3.05, 3.63) is 35.5 Å². The summed E-state index contributed by atoms with van der Waals surface area (Å²) in [4.78, 5) is 0. The van der Waals surface area contributed by atoms with Gasteiger partial charge >= 0.3 is 0 Å². The molecule has 0 aromatic heterocycles. The van der Waals surface area contributed by atoms with Gasteiger partial charge in [-0.2, -0.15) is 11.8 Å². The maximum atomic E-state index is 11.2. The van der Waals surface area contributed by atoms with Gasteiger partial charge < -0.3 is 20.4 Å². The number of aliphatic hydroxyl groups excluding tert-OH is 3. The molecule has 0 bridgehead atoms. The molecule has 4 N–H and O–H groups in total. The number of hydrogen-bond acceptors (Lipinski definition) is 5. The molecule has 0 aromatic rings. The van der Waals surface area contributed by atoms with Crippen LogP contribution in [0.4, 0.5) is 0 Å². The van der Waals surface area contributed by atoms with E-state index in [0.717, 1.165) is 61.8 Å². The maximum Gasteiger partial charge on any atom is 0.0811 e. The van der Waals surface area contributed by atoms with Gasteiger partial charge in [-0.1, -0.05) is 52.0 Å². The minimum atomic E-state index is -0.663. The van der Waals surface area contributed by atoms with Crippen LogP contribution in [0.1, 0.15) is 85.5 Å². The topological polar surface area (TPSA) is 80.9 Å². The third kappa shape index (κ3) is 5.81. The van der Waals surface area contributed by atoms with Crippen LogP contribution >= 0.6 is 11.8 Å². The van der Waals surface area contributed by atoms with Gasteiger partial charge in [0, 0.05) is 17.6 Å². The molecule has 0 aromatic carbocycles. The summed E-state index contributed by atoms with van der Waals surface area (Å²) in [6.45, 7) is 12.8. The molecular weight excluding hydrogens is 432 g/mol. The van der Waals surface area contributed by atoms with Crippen molar-refractivity contribution >= 4 is 11.8 Å². The quantitative estimate of drug-likeness (QED) is 0.387. The van der Waals surface area contributed by atoms with Crippen LogP contribution in [0.15, 0.2) is 35.5 Å². The smallest absolute Gasteiger partial charge is 0.0811 e. The van der Waals surface area contributed by atoms with Crippen LogP contribution in [0.5, 0.6) is 0 Å². The first-order valence-electron chi connectivity index (χ1n) is 13.0. The van der Waals surface area contributed by atoms with E-state index in [1.807, 2.05) is 11.8 Å². The van der Waals surface area contributed by atoms with E-state index in [1.165, 1.54) is 5.57 Å². The molecule has 3 rings (SSSR count). The lowest BCUT2D eigenvalue weighted by Crippen LogP contribution is -2.40. The van der Waals surface area contributed by atoms with Crippen LogP contribution in [0.25, 0.3) is 0 Å². The van der Waals surface area contributed by atoms with Crippen LogP contribution < -0.4 is 0 Å². The summed E-state index contributed by atoms with van der Waals surface area (Å²) < 4.78 is 0. The van der Waals surface area contributed by atoms with Crippen molar-refractivity contribution in [2.24, 2.45) is 17.3 Å². The van der Waals surface area contributed by atoms with Crippen molar-refractivity contribution in [2.45, 2.75) is 115 Å². The normalized spacial score (nSPS) is 38.7. The van der Waals surface area contributed by atoms with Crippen molar-refractivity contribution in [1.82, 2.24) is 0 Å². The van der Waals surface area contributed by atoms with Crippen LogP contribution in [0.2, 0.25) is 0 Å². The van der Waals surface area contributed by atoms with Gasteiger partial charge in [-0.25, -0.2) is 0 Å². The molecule has 3 aliphatic carbocycles. The highest BCUT2D eigenvalue weighted by molar-refractivity contribution is 7.99. The Balaban J connectivity index is 1.73. The third-order valence-electron chi connectivity index (χ3n) is 9.11. The Kier molecular flexibility index (Phi) is 8.99. The molecule has 188 valence electrons. The highest BCUT2D eigenvalue weighted by atomic mass is 32.2. The average Bonchev–Trinajstić information content (AvgIpc) is 3.05. The lowest BCUT2D eigenvalue weighted by Gasteiger charge is -2.44. The SMILES string of the molecule is C=C1C(=CC=C2CCC[C@]3(C)[C@@H]([C@H](C)SCCC(O)(CC)CC)[C@H](O)C[C@@H]23)C[C@@H](O)C[C@@H]1O. The molecule has 0 spiro atoms. The summed E-state index contributed by atoms with van der Waals surface area (Å²) in [5, 5.41) is 42.4. The van der Waals surface area contributed by atoms with Crippen LogP contribution in [-0.2, 0) is 0 Å². The van der Waals surface area contributed by atoms with Crippen LogP contribution in [0, 0.1) is 17.3 Å². The van der Waals surface area contributed by atoms with Gasteiger partial charge in [0.2, 0.25) is 0 Å². The molecule has 0 heterocycles. The van der Waals surface area contributed by atoms with Gasteiger partial charge in [0.05, 0.1) is 23.9 Å². The number of rotatable bonds is 8. The Morgan fingerprint density at radius 3 is 2.55 bits per heavy atom. The highest BCUT2D eigenvalue weighted by Gasteiger charge is 2.55. The predicted molar refractivity (Wildman–Crippen MR) is 138 cm³/mol. The van der Waals surface area contributed by atoms with Gasteiger partial charge in [0.1, 0.15) is 0 Å². The molecule has 4 nitrogen and oxygen atoms in total. The van der Waals surface area contributed by atoms with Gasteiger partial charge in [-0.15, -0.1) is 0 Å². The van der Waals surface area contributed by atoms with E-state index >= 15 is 0 Å². The number of allylic oxidation sites excluding steroid dienone is 3. The Morgan fingerprint density at radius 1 is 1.18 bits per heavy atom. The Morgan fingerprint density at radius 2 is 1.88 bits per heavy atom. The molecular formula is C28H46O4S. The van der Waals surface area contributed by atoms with E-state index in [0.29, 0.717) is 24.0 Å². The lowest BCUT2D eigenvalue weighted by atomic mass is 9.63. The predicted octanol–water partition coefficient (Wildman–Crippen LogP) is 5.16. The van der Waals surface area contributed by atoms with Crippen molar-refractivity contribution in [1.29, 1.82) is 0 Å². The first-order valence-corrected chi connectivity index (χ1v) is 14.1. The zero-order valence-electron chi connectivity index (χ0n) is 21.1. The fraction of sp³-hybridized carbons (Fsp3) is 0.786. The summed E-state index contributed by atoms with van der Waals surface area (Å²) in [5.41, 5.74) is 2.57. The molecule has 3 saturated carbocycles. The number of thioether (sulfide) groups is 1. The summed E-state index contributed by atoms with van der Waals surface area (Å²) in [6.07, 6.45) is 10.2.